The first kappa shape index (κ1) is 19.0. The fourth-order valence-corrected chi connectivity index (χ4v) is 3.60. The average molecular weight is 395 g/mol. The molecule has 29 heavy (non-hydrogen) atoms. The molecule has 1 N–H and O–H groups in total. The molecule has 0 unspecified atom stereocenters. The number of aromatic nitrogens is 2. The summed E-state index contributed by atoms with van der Waals surface area (Å²) in [7, 11) is 0. The molecule has 0 aliphatic carbocycles. The van der Waals surface area contributed by atoms with Crippen LogP contribution in [0.1, 0.15) is 23.7 Å². The number of anilines is 2. The summed E-state index contributed by atoms with van der Waals surface area (Å²) in [5.41, 5.74) is 3.98. The molecule has 0 spiro atoms. The Hall–Kier alpha value is -3.35. The van der Waals surface area contributed by atoms with E-state index in [0.717, 1.165) is 53.4 Å². The Kier molecular flexibility index (Phi) is 4.96. The van der Waals surface area contributed by atoms with E-state index in [1.165, 1.54) is 6.07 Å². The van der Waals surface area contributed by atoms with Gasteiger partial charge in [0.1, 0.15) is 5.82 Å². The molecule has 0 amide bonds. The van der Waals surface area contributed by atoms with Crippen molar-refractivity contribution in [3.05, 3.63) is 70.9 Å². The second kappa shape index (κ2) is 7.58. The highest BCUT2D eigenvalue weighted by molar-refractivity contribution is 5.72. The molecule has 148 valence electrons. The van der Waals surface area contributed by atoms with Gasteiger partial charge in [0.05, 0.1) is 6.42 Å². The van der Waals surface area contributed by atoms with Gasteiger partial charge in [-0.15, -0.1) is 0 Å². The summed E-state index contributed by atoms with van der Waals surface area (Å²) in [4.78, 5) is 22.2. The van der Waals surface area contributed by atoms with E-state index in [1.807, 2.05) is 24.0 Å². The monoisotopic (exact) mass is 395 g/mol. The van der Waals surface area contributed by atoms with Crippen molar-refractivity contribution in [1.82, 2.24) is 9.97 Å². The summed E-state index contributed by atoms with van der Waals surface area (Å²) in [5.74, 6) is -1.61. The Morgan fingerprint density at radius 3 is 2.52 bits per heavy atom. The fraction of sp³-hybridized carbons (Fsp3) is 0.227. The van der Waals surface area contributed by atoms with E-state index < -0.39 is 17.6 Å². The van der Waals surface area contributed by atoms with Crippen molar-refractivity contribution in [3.8, 4) is 11.4 Å². The number of nitrogens with zero attached hydrogens (tertiary/aromatic N) is 3. The maximum atomic E-state index is 13.7. The molecule has 0 bridgehead atoms. The number of carboxylic acids is 1. The van der Waals surface area contributed by atoms with Crippen LogP contribution in [0.4, 0.5) is 20.3 Å². The summed E-state index contributed by atoms with van der Waals surface area (Å²) in [5, 5.41) is 8.93. The van der Waals surface area contributed by atoms with Gasteiger partial charge in [0.15, 0.2) is 17.5 Å². The van der Waals surface area contributed by atoms with E-state index in [-0.39, 0.29) is 6.42 Å². The highest BCUT2D eigenvalue weighted by Crippen LogP contribution is 2.36. The maximum Gasteiger partial charge on any atom is 0.307 e. The number of hydrogen-bond donors (Lipinski definition) is 1. The number of carboxylic acid groups (broad SMARTS) is 1. The topological polar surface area (TPSA) is 66.3 Å². The third kappa shape index (κ3) is 3.68. The molecule has 3 aromatic rings. The van der Waals surface area contributed by atoms with Crippen LogP contribution in [0, 0.1) is 11.6 Å². The minimum absolute atomic E-state index is 0.0285. The van der Waals surface area contributed by atoms with Crippen LogP contribution in [0.25, 0.3) is 11.4 Å². The molecule has 1 aliphatic rings. The third-order valence-electron chi connectivity index (χ3n) is 5.03. The van der Waals surface area contributed by atoms with Crippen molar-refractivity contribution >= 4 is 17.5 Å². The molecule has 0 saturated heterocycles. The van der Waals surface area contributed by atoms with Gasteiger partial charge in [-0.05, 0) is 48.7 Å². The number of rotatable bonds is 5. The lowest BCUT2D eigenvalue weighted by Crippen LogP contribution is -2.15. The number of aryl methyl sites for hydroxylation is 1. The Labute approximate surface area is 166 Å². The lowest BCUT2D eigenvalue weighted by Gasteiger charge is -2.20. The maximum absolute atomic E-state index is 13.7. The minimum atomic E-state index is -0.935. The van der Waals surface area contributed by atoms with Crippen LogP contribution in [0.15, 0.2) is 42.5 Å². The molecule has 0 atom stereocenters. The van der Waals surface area contributed by atoms with Crippen molar-refractivity contribution in [2.75, 3.05) is 11.4 Å². The molecular formula is C22H19F2N3O2. The Morgan fingerprint density at radius 2 is 1.86 bits per heavy atom. The predicted octanol–water partition coefficient (Wildman–Crippen LogP) is 4.31. The van der Waals surface area contributed by atoms with Gasteiger partial charge in [-0.1, -0.05) is 19.1 Å². The number of aliphatic carboxylic acids is 1. The van der Waals surface area contributed by atoms with Crippen molar-refractivity contribution in [3.63, 3.8) is 0 Å². The summed E-state index contributed by atoms with van der Waals surface area (Å²) < 4.78 is 27.0. The molecule has 0 fully saturated rings. The van der Waals surface area contributed by atoms with Crippen molar-refractivity contribution in [2.24, 2.45) is 0 Å². The Balaban J connectivity index is 1.74. The second-order valence-corrected chi connectivity index (χ2v) is 6.92. The van der Waals surface area contributed by atoms with Crippen molar-refractivity contribution < 1.29 is 18.7 Å². The quantitative estimate of drug-likeness (QED) is 0.698. The van der Waals surface area contributed by atoms with Crippen molar-refractivity contribution in [2.45, 2.75) is 26.2 Å². The molecule has 2 aromatic carbocycles. The molecule has 0 saturated carbocycles. The summed E-state index contributed by atoms with van der Waals surface area (Å²) in [6.45, 7) is 2.72. The summed E-state index contributed by atoms with van der Waals surface area (Å²) in [6.07, 6.45) is 1.46. The van der Waals surface area contributed by atoms with Crippen LogP contribution in [0.5, 0.6) is 0 Å². The van der Waals surface area contributed by atoms with Crippen LogP contribution in [0.3, 0.4) is 0 Å². The van der Waals surface area contributed by atoms with Crippen molar-refractivity contribution in [1.29, 1.82) is 0 Å². The van der Waals surface area contributed by atoms with E-state index in [4.69, 9.17) is 5.11 Å². The summed E-state index contributed by atoms with van der Waals surface area (Å²) in [6, 6.07) is 11.0. The van der Waals surface area contributed by atoms with Gasteiger partial charge < -0.3 is 10.0 Å². The zero-order valence-electron chi connectivity index (χ0n) is 15.8. The lowest BCUT2D eigenvalue weighted by atomic mass is 10.1. The van der Waals surface area contributed by atoms with E-state index in [9.17, 15) is 13.6 Å². The fourth-order valence-electron chi connectivity index (χ4n) is 3.60. The van der Waals surface area contributed by atoms with Crippen LogP contribution < -0.4 is 4.90 Å². The molecule has 0 radical (unpaired) electrons. The molecular weight excluding hydrogens is 376 g/mol. The molecule has 1 aliphatic heterocycles. The molecule has 4 rings (SSSR count). The zero-order chi connectivity index (χ0) is 20.5. The molecule has 1 aromatic heterocycles. The summed E-state index contributed by atoms with van der Waals surface area (Å²) >= 11 is 0. The smallest absolute Gasteiger partial charge is 0.307 e. The zero-order valence-corrected chi connectivity index (χ0v) is 15.8. The Bertz CT molecular complexity index is 1080. The molecule has 5 nitrogen and oxygen atoms in total. The first-order valence-electron chi connectivity index (χ1n) is 9.39. The van der Waals surface area contributed by atoms with Crippen LogP contribution in [0.2, 0.25) is 0 Å². The Morgan fingerprint density at radius 1 is 1.10 bits per heavy atom. The number of benzene rings is 2. The number of halogens is 2. The average Bonchev–Trinajstić information content (AvgIpc) is 3.13. The number of fused-ring (bicyclic) bond motifs is 1. The standard InChI is InChI=1S/C22H19F2N3O2/c1-2-19-16-9-10-27(15-6-3-13(4-7-15)11-20(28)29)22(16)26-21(25-19)14-5-8-17(23)18(24)12-14/h3-8,12H,2,9-11H2,1H3,(H,28,29). The highest BCUT2D eigenvalue weighted by atomic mass is 19.2. The van der Waals surface area contributed by atoms with Gasteiger partial charge in [0, 0.05) is 29.1 Å². The molecule has 2 heterocycles. The van der Waals surface area contributed by atoms with E-state index in [0.29, 0.717) is 17.8 Å². The third-order valence-corrected chi connectivity index (χ3v) is 5.03. The highest BCUT2D eigenvalue weighted by Gasteiger charge is 2.26. The largest absolute Gasteiger partial charge is 0.481 e. The van der Waals surface area contributed by atoms with Gasteiger partial charge in [-0.25, -0.2) is 18.7 Å². The van der Waals surface area contributed by atoms with Crippen LogP contribution in [-0.2, 0) is 24.1 Å². The van der Waals surface area contributed by atoms with Gasteiger partial charge in [0.2, 0.25) is 0 Å². The number of carbonyl (C=O) groups is 1. The minimum Gasteiger partial charge on any atom is -0.481 e. The van der Waals surface area contributed by atoms with Gasteiger partial charge >= 0.3 is 5.97 Å². The molecule has 7 heteroatoms. The first-order valence-corrected chi connectivity index (χ1v) is 9.39. The SMILES string of the molecule is CCc1nc(-c2ccc(F)c(F)c2)nc2c1CCN2c1ccc(CC(=O)O)cc1. The predicted molar refractivity (Wildman–Crippen MR) is 105 cm³/mol. The number of hydrogen-bond acceptors (Lipinski definition) is 4. The normalized spacial score (nSPS) is 12.9. The van der Waals surface area contributed by atoms with E-state index in [2.05, 4.69) is 9.97 Å². The van der Waals surface area contributed by atoms with Gasteiger partial charge in [0.25, 0.3) is 0 Å². The first-order chi connectivity index (χ1) is 14.0. The second-order valence-electron chi connectivity index (χ2n) is 6.92. The van der Waals surface area contributed by atoms with Crippen LogP contribution in [-0.4, -0.2) is 27.6 Å². The van der Waals surface area contributed by atoms with Crippen LogP contribution >= 0.6 is 0 Å². The van der Waals surface area contributed by atoms with E-state index >= 15 is 0 Å². The van der Waals surface area contributed by atoms with Gasteiger partial charge in [-0.2, -0.15) is 0 Å². The van der Waals surface area contributed by atoms with E-state index in [1.54, 1.807) is 12.1 Å². The van der Waals surface area contributed by atoms with Gasteiger partial charge in [-0.3, -0.25) is 4.79 Å². The lowest BCUT2D eigenvalue weighted by molar-refractivity contribution is -0.136.